The quantitative estimate of drug-likeness (QED) is 0.380. The molecule has 0 amide bonds. The van der Waals surface area contributed by atoms with E-state index in [1.807, 2.05) is 12.1 Å². The van der Waals surface area contributed by atoms with Crippen molar-refractivity contribution in [2.24, 2.45) is 0 Å². The van der Waals surface area contributed by atoms with Crippen molar-refractivity contribution < 1.29 is 38.5 Å². The Labute approximate surface area is 163 Å². The standard InChI is InChI=1S/C20H29NO2.HI/c1-5-6-7-8-9-10-13-21-15(2)20(3,4)17-14-16(19(22)23)11-12-18(17)21;/h11-12,14H,5-10,13H2,1-4H3;1H. The summed E-state index contributed by atoms with van der Waals surface area (Å²) in [4.78, 5) is 11.3. The van der Waals surface area contributed by atoms with Crippen LogP contribution < -0.4 is 24.0 Å². The van der Waals surface area contributed by atoms with E-state index in [1.54, 1.807) is 6.07 Å². The molecule has 0 saturated carbocycles. The van der Waals surface area contributed by atoms with Crippen LogP contribution in [0.5, 0.6) is 0 Å². The van der Waals surface area contributed by atoms with E-state index in [2.05, 4.69) is 32.3 Å². The molecule has 0 aliphatic carbocycles. The van der Waals surface area contributed by atoms with Gasteiger partial charge in [-0.1, -0.05) is 32.6 Å². The molecule has 1 aliphatic rings. The Morgan fingerprint density at radius 1 is 1.12 bits per heavy atom. The maximum absolute atomic E-state index is 11.3. The maximum Gasteiger partial charge on any atom is 0.335 e. The number of fused-ring (bicyclic) bond motifs is 1. The first-order valence-corrected chi connectivity index (χ1v) is 8.89. The predicted octanol–water partition coefficient (Wildman–Crippen LogP) is 2.15. The number of nitrogens with zero attached hydrogens (tertiary/aromatic N) is 1. The molecule has 24 heavy (non-hydrogen) atoms. The molecular weight excluding hydrogens is 413 g/mol. The Bertz CT molecular complexity index is 620. The molecule has 0 saturated heterocycles. The minimum absolute atomic E-state index is 0. The van der Waals surface area contributed by atoms with Crippen LogP contribution in [-0.2, 0) is 5.41 Å². The third-order valence-electron chi connectivity index (χ3n) is 5.25. The van der Waals surface area contributed by atoms with Crippen molar-refractivity contribution in [1.29, 1.82) is 0 Å². The summed E-state index contributed by atoms with van der Waals surface area (Å²) in [5.74, 6) is -0.851. The van der Waals surface area contributed by atoms with Gasteiger partial charge in [-0.15, -0.1) is 0 Å². The summed E-state index contributed by atoms with van der Waals surface area (Å²) in [5.41, 5.74) is 3.93. The molecule has 1 N–H and O–H groups in total. The fourth-order valence-corrected chi connectivity index (χ4v) is 3.46. The smallest absolute Gasteiger partial charge is 0.335 e. The summed E-state index contributed by atoms with van der Waals surface area (Å²) >= 11 is 0. The molecule has 0 bridgehead atoms. The van der Waals surface area contributed by atoms with Gasteiger partial charge in [0.1, 0.15) is 6.54 Å². The van der Waals surface area contributed by atoms with Gasteiger partial charge in [0.05, 0.1) is 11.0 Å². The predicted molar refractivity (Wildman–Crippen MR) is 95.3 cm³/mol. The summed E-state index contributed by atoms with van der Waals surface area (Å²) in [6.07, 6.45) is 7.73. The SMILES string of the molecule is CCCCCCCC[N+]1=C(C)C(C)(C)c2cc(C(=O)O)ccc21.[I-]. The van der Waals surface area contributed by atoms with Crippen molar-refractivity contribution in [1.82, 2.24) is 0 Å². The third kappa shape index (κ3) is 4.38. The van der Waals surface area contributed by atoms with Crippen LogP contribution in [0.15, 0.2) is 18.2 Å². The van der Waals surface area contributed by atoms with Crippen molar-refractivity contribution in [2.45, 2.75) is 71.6 Å². The van der Waals surface area contributed by atoms with Crippen LogP contribution in [0.25, 0.3) is 0 Å². The zero-order chi connectivity index (χ0) is 17.0. The van der Waals surface area contributed by atoms with Crippen molar-refractivity contribution >= 4 is 17.4 Å². The van der Waals surface area contributed by atoms with E-state index in [4.69, 9.17) is 0 Å². The molecule has 0 unspecified atom stereocenters. The fraction of sp³-hybridized carbons (Fsp3) is 0.600. The summed E-state index contributed by atoms with van der Waals surface area (Å²) in [7, 11) is 0. The highest BCUT2D eigenvalue weighted by atomic mass is 127. The number of aromatic carboxylic acids is 1. The third-order valence-corrected chi connectivity index (χ3v) is 5.25. The Hall–Kier alpha value is -0.910. The molecule has 0 fully saturated rings. The Morgan fingerprint density at radius 2 is 1.75 bits per heavy atom. The summed E-state index contributed by atoms with van der Waals surface area (Å²) in [6, 6.07) is 5.56. The van der Waals surface area contributed by atoms with Crippen LogP contribution in [0.2, 0.25) is 0 Å². The number of unbranched alkanes of at least 4 members (excludes halogenated alkanes) is 5. The van der Waals surface area contributed by atoms with Crippen LogP contribution in [-0.4, -0.2) is 27.9 Å². The second kappa shape index (κ2) is 8.97. The fourth-order valence-electron chi connectivity index (χ4n) is 3.46. The van der Waals surface area contributed by atoms with Gasteiger partial charge in [-0.2, -0.15) is 4.58 Å². The first-order valence-electron chi connectivity index (χ1n) is 8.89. The van der Waals surface area contributed by atoms with E-state index in [0.29, 0.717) is 5.56 Å². The molecule has 0 atom stereocenters. The van der Waals surface area contributed by atoms with Crippen LogP contribution >= 0.6 is 0 Å². The number of carbonyl (C=O) groups is 1. The summed E-state index contributed by atoms with van der Waals surface area (Å²) in [5, 5.41) is 9.24. The minimum atomic E-state index is -0.851. The van der Waals surface area contributed by atoms with Gasteiger partial charge in [-0.3, -0.25) is 0 Å². The second-order valence-electron chi connectivity index (χ2n) is 7.17. The van der Waals surface area contributed by atoms with Crippen LogP contribution in [0.4, 0.5) is 5.69 Å². The number of hydrogen-bond donors (Lipinski definition) is 1. The Balaban J connectivity index is 0.00000288. The molecule has 0 spiro atoms. The number of rotatable bonds is 8. The highest BCUT2D eigenvalue weighted by molar-refractivity contribution is 5.95. The van der Waals surface area contributed by atoms with E-state index in [9.17, 15) is 9.90 Å². The van der Waals surface area contributed by atoms with Gasteiger partial charge in [-0.05, 0) is 32.4 Å². The first kappa shape index (κ1) is 21.1. The molecule has 2 rings (SSSR count). The second-order valence-corrected chi connectivity index (χ2v) is 7.17. The molecule has 0 aromatic heterocycles. The monoisotopic (exact) mass is 443 g/mol. The summed E-state index contributed by atoms with van der Waals surface area (Å²) in [6.45, 7) is 9.83. The van der Waals surface area contributed by atoms with E-state index >= 15 is 0 Å². The lowest BCUT2D eigenvalue weighted by Crippen LogP contribution is -3.00. The molecule has 1 aromatic rings. The van der Waals surface area contributed by atoms with Gasteiger partial charge >= 0.3 is 5.97 Å². The van der Waals surface area contributed by atoms with E-state index in [-0.39, 0.29) is 29.4 Å². The molecule has 3 nitrogen and oxygen atoms in total. The van der Waals surface area contributed by atoms with E-state index in [0.717, 1.165) is 12.1 Å². The molecule has 1 aromatic carbocycles. The number of halogens is 1. The highest BCUT2D eigenvalue weighted by Crippen LogP contribution is 2.40. The number of carboxylic acids is 1. The lowest BCUT2D eigenvalue weighted by atomic mass is 9.81. The maximum atomic E-state index is 11.3. The topological polar surface area (TPSA) is 40.3 Å². The van der Waals surface area contributed by atoms with Gasteiger partial charge in [-0.25, -0.2) is 4.79 Å². The zero-order valence-electron chi connectivity index (χ0n) is 15.4. The number of benzene rings is 1. The first-order chi connectivity index (χ1) is 10.9. The van der Waals surface area contributed by atoms with Gasteiger partial charge < -0.3 is 29.1 Å². The summed E-state index contributed by atoms with van der Waals surface area (Å²) < 4.78 is 2.39. The minimum Gasteiger partial charge on any atom is -1.00 e. The zero-order valence-corrected chi connectivity index (χ0v) is 17.5. The largest absolute Gasteiger partial charge is 1.00 e. The van der Waals surface area contributed by atoms with Crippen LogP contribution in [0.3, 0.4) is 0 Å². The average Bonchev–Trinajstić information content (AvgIpc) is 2.71. The van der Waals surface area contributed by atoms with E-state index in [1.165, 1.54) is 49.9 Å². The van der Waals surface area contributed by atoms with Gasteiger partial charge in [0.2, 0.25) is 5.69 Å². The molecular formula is C20H30INO2. The van der Waals surface area contributed by atoms with Crippen LogP contribution in [0.1, 0.15) is 82.1 Å². The lowest BCUT2D eigenvalue weighted by molar-refractivity contribution is -0.439. The van der Waals surface area contributed by atoms with Gasteiger partial charge in [0.15, 0.2) is 5.71 Å². The van der Waals surface area contributed by atoms with Gasteiger partial charge in [0.25, 0.3) is 0 Å². The highest BCUT2D eigenvalue weighted by Gasteiger charge is 2.43. The molecule has 4 heteroatoms. The Kier molecular flexibility index (Phi) is 7.90. The lowest BCUT2D eigenvalue weighted by Gasteiger charge is -2.15. The van der Waals surface area contributed by atoms with Crippen molar-refractivity contribution in [2.75, 3.05) is 6.54 Å². The average molecular weight is 443 g/mol. The molecule has 0 radical (unpaired) electrons. The van der Waals surface area contributed by atoms with Gasteiger partial charge in [0, 0.05) is 25.0 Å². The van der Waals surface area contributed by atoms with Crippen LogP contribution in [0, 0.1) is 0 Å². The van der Waals surface area contributed by atoms with Crippen molar-refractivity contribution in [3.63, 3.8) is 0 Å². The number of hydrogen-bond acceptors (Lipinski definition) is 1. The molecule has 1 aliphatic heterocycles. The van der Waals surface area contributed by atoms with E-state index < -0.39 is 5.97 Å². The van der Waals surface area contributed by atoms with Crippen molar-refractivity contribution in [3.05, 3.63) is 29.3 Å². The Morgan fingerprint density at radius 3 is 2.38 bits per heavy atom. The molecule has 1 heterocycles. The normalized spacial score (nSPS) is 15.2. The van der Waals surface area contributed by atoms with Crippen molar-refractivity contribution in [3.8, 4) is 0 Å². The molecule has 134 valence electrons. The number of carboxylic acid groups (broad SMARTS) is 1.